The first-order chi connectivity index (χ1) is 12.5. The van der Waals surface area contributed by atoms with Crippen LogP contribution in [0.4, 0.5) is 0 Å². The van der Waals surface area contributed by atoms with Crippen LogP contribution in [-0.2, 0) is 26.0 Å². The van der Waals surface area contributed by atoms with Gasteiger partial charge < -0.3 is 10.1 Å². The van der Waals surface area contributed by atoms with Crippen LogP contribution in [0.3, 0.4) is 0 Å². The average Bonchev–Trinajstić information content (AvgIpc) is 2.68. The number of carbonyl (C=O) groups is 1. The summed E-state index contributed by atoms with van der Waals surface area (Å²) in [6, 6.07) is 16.2. The Hall–Kier alpha value is -2.22. The molecule has 0 aliphatic carbocycles. The van der Waals surface area contributed by atoms with Gasteiger partial charge in [0.2, 0.25) is 15.9 Å². The van der Waals surface area contributed by atoms with E-state index in [-0.39, 0.29) is 16.9 Å². The SMILES string of the molecule is CNS(=O)(=O)c1ccc(CCC(=O)NCC(OC)c2ccccc2)cc1. The number of aryl methyl sites for hydroxylation is 1. The predicted octanol–water partition coefficient (Wildman–Crippen LogP) is 2.03. The smallest absolute Gasteiger partial charge is 0.240 e. The molecule has 2 aromatic carbocycles. The molecule has 2 N–H and O–H groups in total. The number of amides is 1. The Morgan fingerprint density at radius 1 is 1.08 bits per heavy atom. The molecule has 2 rings (SSSR count). The Morgan fingerprint density at radius 2 is 1.73 bits per heavy atom. The number of carbonyl (C=O) groups excluding carboxylic acids is 1. The normalized spacial score (nSPS) is 12.5. The Balaban J connectivity index is 1.83. The Labute approximate surface area is 154 Å². The molecule has 0 fully saturated rings. The van der Waals surface area contributed by atoms with E-state index in [9.17, 15) is 13.2 Å². The predicted molar refractivity (Wildman–Crippen MR) is 100 cm³/mol. The number of benzene rings is 2. The fourth-order valence-electron chi connectivity index (χ4n) is 2.51. The lowest BCUT2D eigenvalue weighted by atomic mass is 10.1. The van der Waals surface area contributed by atoms with Crippen molar-refractivity contribution in [2.45, 2.75) is 23.8 Å². The monoisotopic (exact) mass is 376 g/mol. The molecule has 0 aromatic heterocycles. The quantitative estimate of drug-likeness (QED) is 0.701. The molecule has 140 valence electrons. The van der Waals surface area contributed by atoms with E-state index in [1.807, 2.05) is 30.3 Å². The van der Waals surface area contributed by atoms with Crippen molar-refractivity contribution < 1.29 is 17.9 Å². The van der Waals surface area contributed by atoms with Crippen molar-refractivity contribution >= 4 is 15.9 Å². The summed E-state index contributed by atoms with van der Waals surface area (Å²) >= 11 is 0. The van der Waals surface area contributed by atoms with Crippen LogP contribution in [0.1, 0.15) is 23.7 Å². The highest BCUT2D eigenvalue weighted by molar-refractivity contribution is 7.89. The molecule has 1 atom stereocenters. The van der Waals surface area contributed by atoms with E-state index in [0.29, 0.717) is 19.4 Å². The zero-order valence-corrected chi connectivity index (χ0v) is 15.8. The minimum absolute atomic E-state index is 0.0742. The molecule has 7 heteroatoms. The third-order valence-electron chi connectivity index (χ3n) is 4.08. The number of nitrogens with one attached hydrogen (secondary N) is 2. The summed E-state index contributed by atoms with van der Waals surface area (Å²) in [6.07, 6.45) is 0.670. The third kappa shape index (κ3) is 5.66. The van der Waals surface area contributed by atoms with Crippen LogP contribution in [-0.4, -0.2) is 35.0 Å². The van der Waals surface area contributed by atoms with Crippen molar-refractivity contribution in [3.8, 4) is 0 Å². The van der Waals surface area contributed by atoms with Gasteiger partial charge in [0, 0.05) is 20.1 Å². The molecule has 6 nitrogen and oxygen atoms in total. The molecule has 0 saturated heterocycles. The van der Waals surface area contributed by atoms with Gasteiger partial charge in [0.05, 0.1) is 11.0 Å². The van der Waals surface area contributed by atoms with Gasteiger partial charge in [0.1, 0.15) is 0 Å². The van der Waals surface area contributed by atoms with Gasteiger partial charge >= 0.3 is 0 Å². The second-order valence-corrected chi connectivity index (χ2v) is 7.68. The van der Waals surface area contributed by atoms with Crippen LogP contribution < -0.4 is 10.0 Å². The van der Waals surface area contributed by atoms with E-state index in [1.165, 1.54) is 19.2 Å². The van der Waals surface area contributed by atoms with Crippen molar-refractivity contribution in [1.82, 2.24) is 10.0 Å². The first-order valence-corrected chi connectivity index (χ1v) is 9.81. The Kier molecular flexibility index (Phi) is 7.32. The zero-order valence-electron chi connectivity index (χ0n) is 14.9. The Morgan fingerprint density at radius 3 is 2.31 bits per heavy atom. The molecule has 0 aliphatic rings. The van der Waals surface area contributed by atoms with Gasteiger partial charge in [0.25, 0.3) is 0 Å². The number of hydrogen-bond acceptors (Lipinski definition) is 4. The van der Waals surface area contributed by atoms with E-state index >= 15 is 0 Å². The lowest BCUT2D eigenvalue weighted by Gasteiger charge is -2.16. The number of rotatable bonds is 9. The third-order valence-corrected chi connectivity index (χ3v) is 5.51. The van der Waals surface area contributed by atoms with Gasteiger partial charge in [-0.1, -0.05) is 42.5 Å². The minimum Gasteiger partial charge on any atom is -0.375 e. The van der Waals surface area contributed by atoms with E-state index in [1.54, 1.807) is 19.2 Å². The molecule has 26 heavy (non-hydrogen) atoms. The largest absolute Gasteiger partial charge is 0.375 e. The summed E-state index contributed by atoms with van der Waals surface area (Å²) in [4.78, 5) is 12.3. The molecule has 0 spiro atoms. The highest BCUT2D eigenvalue weighted by Gasteiger charge is 2.13. The lowest BCUT2D eigenvalue weighted by molar-refractivity contribution is -0.121. The van der Waals surface area contributed by atoms with Crippen LogP contribution in [0.25, 0.3) is 0 Å². The summed E-state index contributed by atoms with van der Waals surface area (Å²) in [7, 11) is -0.450. The van der Waals surface area contributed by atoms with Gasteiger partial charge in [-0.25, -0.2) is 13.1 Å². The minimum atomic E-state index is -3.44. The van der Waals surface area contributed by atoms with Gasteiger partial charge in [-0.2, -0.15) is 0 Å². The van der Waals surface area contributed by atoms with Crippen LogP contribution in [0.15, 0.2) is 59.5 Å². The van der Waals surface area contributed by atoms with Crippen LogP contribution in [0.5, 0.6) is 0 Å². The summed E-state index contributed by atoms with van der Waals surface area (Å²) in [5.74, 6) is -0.0742. The van der Waals surface area contributed by atoms with Crippen molar-refractivity contribution in [2.75, 3.05) is 20.7 Å². The van der Waals surface area contributed by atoms with E-state index in [2.05, 4.69) is 10.0 Å². The fraction of sp³-hybridized carbons (Fsp3) is 0.316. The molecule has 0 radical (unpaired) electrons. The van der Waals surface area contributed by atoms with Crippen LogP contribution in [0, 0.1) is 0 Å². The fourth-order valence-corrected chi connectivity index (χ4v) is 3.24. The highest BCUT2D eigenvalue weighted by atomic mass is 32.2. The maximum Gasteiger partial charge on any atom is 0.240 e. The molecule has 0 aliphatic heterocycles. The summed E-state index contributed by atoms with van der Waals surface area (Å²) in [6.45, 7) is 0.401. The average molecular weight is 376 g/mol. The van der Waals surface area contributed by atoms with Crippen LogP contribution in [0.2, 0.25) is 0 Å². The number of sulfonamides is 1. The zero-order chi connectivity index (χ0) is 19.0. The number of methoxy groups -OCH3 is 1. The number of hydrogen-bond donors (Lipinski definition) is 2. The topological polar surface area (TPSA) is 84.5 Å². The maximum absolute atomic E-state index is 12.1. The molecule has 0 saturated carbocycles. The van der Waals surface area contributed by atoms with E-state index in [4.69, 9.17) is 4.74 Å². The van der Waals surface area contributed by atoms with Crippen molar-refractivity contribution in [3.63, 3.8) is 0 Å². The number of ether oxygens (including phenoxy) is 1. The molecular weight excluding hydrogens is 352 g/mol. The summed E-state index contributed by atoms with van der Waals surface area (Å²) < 4.78 is 31.1. The van der Waals surface area contributed by atoms with Gasteiger partial charge in [0.15, 0.2) is 0 Å². The van der Waals surface area contributed by atoms with Crippen molar-refractivity contribution in [2.24, 2.45) is 0 Å². The van der Waals surface area contributed by atoms with Crippen LogP contribution >= 0.6 is 0 Å². The second kappa shape index (κ2) is 9.47. The lowest BCUT2D eigenvalue weighted by Crippen LogP contribution is -2.29. The molecular formula is C19H24N2O4S. The first-order valence-electron chi connectivity index (χ1n) is 8.33. The van der Waals surface area contributed by atoms with Gasteiger partial charge in [-0.3, -0.25) is 4.79 Å². The van der Waals surface area contributed by atoms with Gasteiger partial charge in [-0.15, -0.1) is 0 Å². The van der Waals surface area contributed by atoms with E-state index in [0.717, 1.165) is 11.1 Å². The molecule has 2 aromatic rings. The summed E-state index contributed by atoms with van der Waals surface area (Å²) in [5.41, 5.74) is 1.91. The van der Waals surface area contributed by atoms with Gasteiger partial charge in [-0.05, 0) is 36.7 Å². The van der Waals surface area contributed by atoms with E-state index < -0.39 is 10.0 Å². The van der Waals surface area contributed by atoms with Crippen molar-refractivity contribution in [1.29, 1.82) is 0 Å². The molecule has 1 amide bonds. The molecule has 0 heterocycles. The molecule has 0 bridgehead atoms. The standard InChI is InChI=1S/C19H24N2O4S/c1-20-26(23,24)17-11-8-15(9-12-17)10-13-19(22)21-14-18(25-2)16-6-4-3-5-7-16/h3-9,11-12,18,20H,10,13-14H2,1-2H3,(H,21,22). The maximum atomic E-state index is 12.1. The first kappa shape index (κ1) is 20.1. The second-order valence-electron chi connectivity index (χ2n) is 5.79. The van der Waals surface area contributed by atoms with Crippen molar-refractivity contribution in [3.05, 3.63) is 65.7 Å². The summed E-state index contributed by atoms with van der Waals surface area (Å²) in [5, 5.41) is 2.88. The highest BCUT2D eigenvalue weighted by Crippen LogP contribution is 2.15. The molecule has 1 unspecified atom stereocenters. The Bertz CT molecular complexity index is 805.